The quantitative estimate of drug-likeness (QED) is 0.222. The van der Waals surface area contributed by atoms with Crippen LogP contribution >= 0.6 is 0 Å². The summed E-state index contributed by atoms with van der Waals surface area (Å²) in [4.78, 5) is 56.0. The Labute approximate surface area is 264 Å². The molecule has 2 aliphatic carbocycles. The molecule has 5 aliphatic rings. The van der Waals surface area contributed by atoms with Crippen molar-refractivity contribution in [1.82, 2.24) is 10.1 Å². The summed E-state index contributed by atoms with van der Waals surface area (Å²) in [6.45, 7) is 1.95. The number of hydrogen-bond donors (Lipinski definition) is 3. The van der Waals surface area contributed by atoms with E-state index >= 15 is 4.79 Å². The third-order valence-electron chi connectivity index (χ3n) is 10.5. The molecule has 0 aromatic heterocycles. The van der Waals surface area contributed by atoms with Crippen molar-refractivity contribution < 1.29 is 34.2 Å². The molecule has 0 unspecified atom stereocenters. The number of hydrazine groups is 1. The molecule has 3 N–H and O–H groups in total. The number of nitrogens with one attached hydrogen (secondary N) is 1. The normalized spacial score (nSPS) is 29.7. The van der Waals surface area contributed by atoms with Gasteiger partial charge >= 0.3 is 0 Å². The zero-order valence-electron chi connectivity index (χ0n) is 24.9. The SMILES string of the molecule is Cc1ccc(NN2C(=O)[C@@H]3C[C@@H]4C(=CC[C@@H]5C(=O)N(O)C(=O)[C@@H]54)[C@H](C4=COc5ccc(O)cc5C4)[C@]3(c3ccccc3)C2=O)cc1. The molecule has 0 bridgehead atoms. The van der Waals surface area contributed by atoms with Crippen molar-refractivity contribution in [1.29, 1.82) is 0 Å². The Hall–Kier alpha value is -5.22. The molecule has 10 heteroatoms. The Balaban J connectivity index is 1.34. The number of hydroxylamine groups is 2. The van der Waals surface area contributed by atoms with E-state index in [9.17, 15) is 24.7 Å². The summed E-state index contributed by atoms with van der Waals surface area (Å²) in [6.07, 6.45) is 4.21. The van der Waals surface area contributed by atoms with Gasteiger partial charge in [0, 0.05) is 17.9 Å². The average Bonchev–Trinajstić information content (AvgIpc) is 3.42. The first-order valence-electron chi connectivity index (χ1n) is 15.4. The highest BCUT2D eigenvalue weighted by Crippen LogP contribution is 2.63. The zero-order valence-corrected chi connectivity index (χ0v) is 24.9. The van der Waals surface area contributed by atoms with Crippen molar-refractivity contribution >= 4 is 29.3 Å². The zero-order chi connectivity index (χ0) is 31.9. The third kappa shape index (κ3) is 3.86. The second-order valence-electron chi connectivity index (χ2n) is 12.9. The van der Waals surface area contributed by atoms with Gasteiger partial charge in [-0.15, -0.1) is 0 Å². The summed E-state index contributed by atoms with van der Waals surface area (Å²) in [7, 11) is 0. The molecular weight excluding hydrogens is 586 g/mol. The number of aromatic hydroxyl groups is 1. The second kappa shape index (κ2) is 10.1. The Morgan fingerprint density at radius 1 is 0.913 bits per heavy atom. The molecule has 0 spiro atoms. The largest absolute Gasteiger partial charge is 0.508 e. The average molecular weight is 618 g/mol. The van der Waals surface area contributed by atoms with Crippen molar-refractivity contribution in [2.75, 3.05) is 5.43 Å². The Bertz CT molecular complexity index is 1880. The summed E-state index contributed by atoms with van der Waals surface area (Å²) in [5.74, 6) is -5.40. The first-order valence-corrected chi connectivity index (χ1v) is 15.4. The lowest BCUT2D eigenvalue weighted by Crippen LogP contribution is -2.55. The molecule has 3 heterocycles. The number of imide groups is 2. The van der Waals surface area contributed by atoms with E-state index in [-0.39, 0.29) is 23.7 Å². The van der Waals surface area contributed by atoms with Gasteiger partial charge in [0.25, 0.3) is 23.6 Å². The number of phenols is 1. The second-order valence-corrected chi connectivity index (χ2v) is 12.9. The van der Waals surface area contributed by atoms with Gasteiger partial charge in [-0.2, -0.15) is 10.1 Å². The molecule has 4 amide bonds. The molecule has 0 radical (unpaired) electrons. The van der Waals surface area contributed by atoms with Crippen LogP contribution in [0.1, 0.15) is 29.5 Å². The number of amides is 4. The molecule has 3 aromatic carbocycles. The number of hydrogen-bond acceptors (Lipinski definition) is 8. The minimum Gasteiger partial charge on any atom is -0.508 e. The van der Waals surface area contributed by atoms with Gasteiger partial charge in [0.15, 0.2) is 0 Å². The van der Waals surface area contributed by atoms with Crippen molar-refractivity contribution in [3.8, 4) is 11.5 Å². The molecule has 10 nitrogen and oxygen atoms in total. The number of aryl methyl sites for hydroxylation is 1. The van der Waals surface area contributed by atoms with E-state index in [0.29, 0.717) is 34.6 Å². The van der Waals surface area contributed by atoms with Gasteiger partial charge in [-0.05, 0) is 67.2 Å². The number of benzene rings is 3. The topological polar surface area (TPSA) is 136 Å². The number of allylic oxidation sites excluding steroid dienone is 3. The van der Waals surface area contributed by atoms with Crippen LogP contribution in [-0.2, 0) is 31.0 Å². The number of carbonyl (C=O) groups excluding carboxylic acids is 4. The van der Waals surface area contributed by atoms with Crippen LogP contribution in [0.15, 0.2) is 96.3 Å². The predicted octanol–water partition coefficient (Wildman–Crippen LogP) is 4.43. The summed E-state index contributed by atoms with van der Waals surface area (Å²) >= 11 is 0. The van der Waals surface area contributed by atoms with Crippen LogP contribution in [0.5, 0.6) is 11.5 Å². The van der Waals surface area contributed by atoms with Gasteiger partial charge < -0.3 is 9.84 Å². The van der Waals surface area contributed by atoms with Crippen molar-refractivity contribution in [3.63, 3.8) is 0 Å². The van der Waals surface area contributed by atoms with Crippen LogP contribution in [0.25, 0.3) is 0 Å². The minimum absolute atomic E-state index is 0.0687. The minimum atomic E-state index is -1.42. The Kier molecular flexibility index (Phi) is 6.24. The first-order chi connectivity index (χ1) is 22.2. The fraction of sp³-hybridized carbons (Fsp3) is 0.278. The summed E-state index contributed by atoms with van der Waals surface area (Å²) < 4.78 is 6.10. The highest BCUT2D eigenvalue weighted by molar-refractivity contribution is 6.13. The highest BCUT2D eigenvalue weighted by atomic mass is 16.5. The van der Waals surface area contributed by atoms with Crippen LogP contribution in [0.3, 0.4) is 0 Å². The van der Waals surface area contributed by atoms with Gasteiger partial charge in [-0.3, -0.25) is 29.8 Å². The van der Waals surface area contributed by atoms with Crippen molar-refractivity contribution in [2.24, 2.45) is 29.6 Å². The molecule has 6 atom stereocenters. The van der Waals surface area contributed by atoms with E-state index < -0.39 is 58.6 Å². The maximum atomic E-state index is 15.1. The van der Waals surface area contributed by atoms with E-state index in [2.05, 4.69) is 5.43 Å². The molecule has 1 saturated carbocycles. The van der Waals surface area contributed by atoms with Gasteiger partial charge in [0.05, 0.1) is 35.1 Å². The molecule has 3 aliphatic heterocycles. The Morgan fingerprint density at radius 2 is 1.67 bits per heavy atom. The van der Waals surface area contributed by atoms with E-state index in [1.165, 1.54) is 6.07 Å². The van der Waals surface area contributed by atoms with E-state index in [0.717, 1.165) is 16.1 Å². The van der Waals surface area contributed by atoms with Crippen molar-refractivity contribution in [3.05, 3.63) is 113 Å². The van der Waals surface area contributed by atoms with Crippen LogP contribution in [-0.4, -0.2) is 44.0 Å². The first kappa shape index (κ1) is 28.3. The van der Waals surface area contributed by atoms with Gasteiger partial charge in [0.2, 0.25) is 0 Å². The number of ether oxygens (including phenoxy) is 1. The van der Waals surface area contributed by atoms with Gasteiger partial charge in [-0.25, -0.2) is 0 Å². The molecule has 8 rings (SSSR count). The van der Waals surface area contributed by atoms with E-state index in [1.807, 2.05) is 55.5 Å². The number of phenolic OH excluding ortho intramolecular Hbond substituents is 1. The summed E-state index contributed by atoms with van der Waals surface area (Å²) in [6, 6.07) is 21.5. The van der Waals surface area contributed by atoms with E-state index in [1.54, 1.807) is 30.5 Å². The monoisotopic (exact) mass is 617 g/mol. The highest BCUT2D eigenvalue weighted by Gasteiger charge is 2.70. The molecular formula is C36H31N3O7. The summed E-state index contributed by atoms with van der Waals surface area (Å²) in [5.41, 5.74) is 6.10. The fourth-order valence-corrected chi connectivity index (χ4v) is 8.55. The summed E-state index contributed by atoms with van der Waals surface area (Å²) in [5, 5.41) is 22.0. The fourth-order valence-electron chi connectivity index (χ4n) is 8.55. The predicted molar refractivity (Wildman–Crippen MR) is 164 cm³/mol. The van der Waals surface area contributed by atoms with Crippen LogP contribution in [0.2, 0.25) is 0 Å². The lowest BCUT2D eigenvalue weighted by molar-refractivity contribution is -0.173. The van der Waals surface area contributed by atoms with Crippen molar-refractivity contribution in [2.45, 2.75) is 31.6 Å². The molecule has 3 aromatic rings. The number of fused-ring (bicyclic) bond motifs is 5. The van der Waals surface area contributed by atoms with Crippen LogP contribution < -0.4 is 10.2 Å². The Morgan fingerprint density at radius 3 is 2.43 bits per heavy atom. The lowest BCUT2D eigenvalue weighted by atomic mass is 9.48. The smallest absolute Gasteiger partial charge is 0.260 e. The third-order valence-corrected chi connectivity index (χ3v) is 10.5. The van der Waals surface area contributed by atoms with Gasteiger partial charge in [0.1, 0.15) is 11.5 Å². The van der Waals surface area contributed by atoms with E-state index in [4.69, 9.17) is 4.74 Å². The molecule has 2 saturated heterocycles. The molecule has 3 fully saturated rings. The molecule has 46 heavy (non-hydrogen) atoms. The molecule has 232 valence electrons. The number of nitrogens with zero attached hydrogens (tertiary/aromatic N) is 2. The van der Waals surface area contributed by atoms with Crippen LogP contribution in [0.4, 0.5) is 5.69 Å². The maximum Gasteiger partial charge on any atom is 0.260 e. The maximum absolute atomic E-state index is 15.1. The van der Waals surface area contributed by atoms with Crippen LogP contribution in [0, 0.1) is 36.5 Å². The number of rotatable bonds is 4. The van der Waals surface area contributed by atoms with Gasteiger partial charge in [-0.1, -0.05) is 59.7 Å². The lowest BCUT2D eigenvalue weighted by Gasteiger charge is -2.51. The number of anilines is 1. The standard InChI is InChI=1S/C36H31N3O7/c1-19-7-9-23(10-8-19)37-38-33(42)28-17-27-25(12-13-26-30(27)34(43)39(45)32(26)41)31(36(28,35(38)44)22-5-3-2-4-6-22)21-15-20-16-24(40)11-14-29(20)46-18-21/h2-12,14,16,18,26-28,30-31,37,40,45H,13,15,17H2,1H3/t26-,27+,28-,30-,31-,36+/m0/s1. The number of carbonyl (C=O) groups is 4.